The summed E-state index contributed by atoms with van der Waals surface area (Å²) in [4.78, 5) is 27.7. The number of likely N-dealkylation sites (N-methyl/N-ethyl adjacent to an activating group) is 1. The summed E-state index contributed by atoms with van der Waals surface area (Å²) in [6, 6.07) is -0.579. The Labute approximate surface area is 104 Å². The van der Waals surface area contributed by atoms with E-state index < -0.39 is 6.04 Å². The van der Waals surface area contributed by atoms with E-state index in [2.05, 4.69) is 15.6 Å². The van der Waals surface area contributed by atoms with Crippen molar-refractivity contribution in [3.8, 4) is 0 Å². The fraction of sp³-hybridized carbons (Fsp3) is 0.500. The second kappa shape index (κ2) is 5.62. The molecule has 1 atom stereocenters. The zero-order valence-corrected chi connectivity index (χ0v) is 10.9. The van der Waals surface area contributed by atoms with Crippen molar-refractivity contribution in [3.05, 3.63) is 10.6 Å². The summed E-state index contributed by atoms with van der Waals surface area (Å²) in [7, 11) is 0. The van der Waals surface area contributed by atoms with E-state index in [1.54, 1.807) is 13.8 Å². The first-order valence-corrected chi connectivity index (χ1v) is 6.08. The topological polar surface area (TPSA) is 97.1 Å². The van der Waals surface area contributed by atoms with Gasteiger partial charge in [0.25, 0.3) is 5.91 Å². The lowest BCUT2D eigenvalue weighted by Crippen LogP contribution is -2.44. The van der Waals surface area contributed by atoms with Crippen LogP contribution in [-0.2, 0) is 4.79 Å². The SMILES string of the molecule is CCNC(=O)C(C)NC(=O)c1sc(N)nc1C. The molecule has 0 aromatic carbocycles. The first-order chi connectivity index (χ1) is 7.95. The van der Waals surface area contributed by atoms with E-state index in [1.165, 1.54) is 0 Å². The number of aryl methyl sites for hydroxylation is 1. The molecule has 0 spiro atoms. The summed E-state index contributed by atoms with van der Waals surface area (Å²) in [6.45, 7) is 5.69. The van der Waals surface area contributed by atoms with E-state index in [0.29, 0.717) is 22.2 Å². The second-order valence-corrected chi connectivity index (χ2v) is 4.59. The Balaban J connectivity index is 2.66. The third kappa shape index (κ3) is 3.42. The number of hydrogen-bond acceptors (Lipinski definition) is 5. The van der Waals surface area contributed by atoms with E-state index >= 15 is 0 Å². The maximum absolute atomic E-state index is 11.8. The molecule has 0 aliphatic heterocycles. The number of rotatable bonds is 4. The Bertz CT molecular complexity index is 430. The molecule has 94 valence electrons. The molecule has 0 saturated heterocycles. The number of anilines is 1. The van der Waals surface area contributed by atoms with Crippen LogP contribution in [0, 0.1) is 6.92 Å². The minimum Gasteiger partial charge on any atom is -0.375 e. The van der Waals surface area contributed by atoms with Gasteiger partial charge in [-0.25, -0.2) is 4.98 Å². The Kier molecular flexibility index (Phi) is 4.45. The average molecular weight is 256 g/mol. The summed E-state index contributed by atoms with van der Waals surface area (Å²) in [5.41, 5.74) is 6.08. The van der Waals surface area contributed by atoms with Gasteiger partial charge in [0.2, 0.25) is 5.91 Å². The summed E-state index contributed by atoms with van der Waals surface area (Å²) in [6.07, 6.45) is 0. The molecule has 1 unspecified atom stereocenters. The number of nitrogens with two attached hydrogens (primary N) is 1. The van der Waals surface area contributed by atoms with Crippen molar-refractivity contribution in [2.24, 2.45) is 0 Å². The summed E-state index contributed by atoms with van der Waals surface area (Å²) in [5.74, 6) is -0.536. The van der Waals surface area contributed by atoms with Gasteiger partial charge in [0.1, 0.15) is 10.9 Å². The second-order valence-electron chi connectivity index (χ2n) is 3.56. The molecular weight excluding hydrogens is 240 g/mol. The third-order valence-corrected chi connectivity index (χ3v) is 3.10. The van der Waals surface area contributed by atoms with Crippen LogP contribution < -0.4 is 16.4 Å². The van der Waals surface area contributed by atoms with Gasteiger partial charge in [-0.15, -0.1) is 0 Å². The number of thiazole rings is 1. The lowest BCUT2D eigenvalue weighted by molar-refractivity contribution is -0.122. The molecule has 0 fully saturated rings. The van der Waals surface area contributed by atoms with Crippen LogP contribution in [0.3, 0.4) is 0 Å². The molecule has 0 saturated carbocycles. The van der Waals surface area contributed by atoms with Crippen LogP contribution in [0.5, 0.6) is 0 Å². The molecule has 1 aromatic heterocycles. The largest absolute Gasteiger partial charge is 0.375 e. The van der Waals surface area contributed by atoms with Crippen LogP contribution in [0.1, 0.15) is 29.2 Å². The molecule has 6 nitrogen and oxygen atoms in total. The monoisotopic (exact) mass is 256 g/mol. The molecule has 0 aliphatic carbocycles. The molecule has 0 bridgehead atoms. The summed E-state index contributed by atoms with van der Waals surface area (Å²) < 4.78 is 0. The maximum atomic E-state index is 11.8. The third-order valence-electron chi connectivity index (χ3n) is 2.11. The highest BCUT2D eigenvalue weighted by atomic mass is 32.1. The zero-order valence-electron chi connectivity index (χ0n) is 10.0. The Hall–Kier alpha value is -1.63. The zero-order chi connectivity index (χ0) is 13.0. The molecule has 2 amide bonds. The quantitative estimate of drug-likeness (QED) is 0.721. The van der Waals surface area contributed by atoms with Crippen LogP contribution >= 0.6 is 11.3 Å². The van der Waals surface area contributed by atoms with Crippen molar-refractivity contribution >= 4 is 28.3 Å². The van der Waals surface area contributed by atoms with Gasteiger partial charge in [-0.2, -0.15) is 0 Å². The standard InChI is InChI=1S/C10H16N4O2S/c1-4-12-8(15)6(3)13-9(16)7-5(2)14-10(11)17-7/h6H,4H2,1-3H3,(H2,11,14)(H,12,15)(H,13,16). The highest BCUT2D eigenvalue weighted by molar-refractivity contribution is 7.17. The molecule has 17 heavy (non-hydrogen) atoms. The molecule has 4 N–H and O–H groups in total. The van der Waals surface area contributed by atoms with Gasteiger partial charge in [-0.3, -0.25) is 9.59 Å². The van der Waals surface area contributed by atoms with E-state index in [1.807, 2.05) is 6.92 Å². The van der Waals surface area contributed by atoms with Crippen molar-refractivity contribution in [1.82, 2.24) is 15.6 Å². The van der Waals surface area contributed by atoms with Crippen molar-refractivity contribution in [2.75, 3.05) is 12.3 Å². The van der Waals surface area contributed by atoms with Crippen molar-refractivity contribution in [3.63, 3.8) is 0 Å². The number of carbonyl (C=O) groups is 2. The van der Waals surface area contributed by atoms with Gasteiger partial charge >= 0.3 is 0 Å². The maximum Gasteiger partial charge on any atom is 0.263 e. The van der Waals surface area contributed by atoms with Crippen LogP contribution in [0.25, 0.3) is 0 Å². The summed E-state index contributed by atoms with van der Waals surface area (Å²) in [5, 5.41) is 5.58. The number of carbonyl (C=O) groups excluding carboxylic acids is 2. The first kappa shape index (κ1) is 13.4. The molecule has 1 heterocycles. The molecule has 0 aliphatic rings. The predicted molar refractivity (Wildman–Crippen MR) is 66.9 cm³/mol. The van der Waals surface area contributed by atoms with Crippen molar-refractivity contribution in [2.45, 2.75) is 26.8 Å². The van der Waals surface area contributed by atoms with E-state index in [0.717, 1.165) is 11.3 Å². The number of nitrogens with one attached hydrogen (secondary N) is 2. The fourth-order valence-electron chi connectivity index (χ4n) is 1.28. The number of nitrogens with zero attached hydrogens (tertiary/aromatic N) is 1. The van der Waals surface area contributed by atoms with Crippen LogP contribution in [-0.4, -0.2) is 29.4 Å². The number of aromatic nitrogens is 1. The number of amides is 2. The highest BCUT2D eigenvalue weighted by Crippen LogP contribution is 2.19. The minimum atomic E-state index is -0.579. The average Bonchev–Trinajstić information content (AvgIpc) is 2.58. The van der Waals surface area contributed by atoms with Gasteiger partial charge in [-0.05, 0) is 20.8 Å². The van der Waals surface area contributed by atoms with Gasteiger partial charge in [0.05, 0.1) is 5.69 Å². The van der Waals surface area contributed by atoms with Crippen LogP contribution in [0.2, 0.25) is 0 Å². The first-order valence-electron chi connectivity index (χ1n) is 5.27. The van der Waals surface area contributed by atoms with Crippen LogP contribution in [0.15, 0.2) is 0 Å². The molecule has 0 radical (unpaired) electrons. The van der Waals surface area contributed by atoms with E-state index in [-0.39, 0.29) is 11.8 Å². The Morgan fingerprint density at radius 1 is 1.53 bits per heavy atom. The van der Waals surface area contributed by atoms with E-state index in [9.17, 15) is 9.59 Å². The minimum absolute atomic E-state index is 0.212. The van der Waals surface area contributed by atoms with Crippen molar-refractivity contribution < 1.29 is 9.59 Å². The van der Waals surface area contributed by atoms with Gasteiger partial charge in [0.15, 0.2) is 5.13 Å². The highest BCUT2D eigenvalue weighted by Gasteiger charge is 2.19. The molecule has 1 aromatic rings. The van der Waals surface area contributed by atoms with Crippen LogP contribution in [0.4, 0.5) is 5.13 Å². The van der Waals surface area contributed by atoms with Gasteiger partial charge in [-0.1, -0.05) is 11.3 Å². The van der Waals surface area contributed by atoms with Gasteiger partial charge < -0.3 is 16.4 Å². The number of hydrogen-bond donors (Lipinski definition) is 3. The van der Waals surface area contributed by atoms with Crippen molar-refractivity contribution in [1.29, 1.82) is 0 Å². The molecule has 1 rings (SSSR count). The van der Waals surface area contributed by atoms with E-state index in [4.69, 9.17) is 5.73 Å². The molecule has 7 heteroatoms. The lowest BCUT2D eigenvalue weighted by Gasteiger charge is -2.12. The smallest absolute Gasteiger partial charge is 0.263 e. The molecular formula is C10H16N4O2S. The summed E-state index contributed by atoms with van der Waals surface area (Å²) >= 11 is 1.11. The normalized spacial score (nSPS) is 11.9. The Morgan fingerprint density at radius 2 is 2.18 bits per heavy atom. The Morgan fingerprint density at radius 3 is 2.65 bits per heavy atom. The van der Waals surface area contributed by atoms with Gasteiger partial charge in [0, 0.05) is 6.54 Å². The number of nitrogen functional groups attached to an aromatic ring is 1. The lowest BCUT2D eigenvalue weighted by atomic mass is 10.3. The fourth-order valence-corrected chi connectivity index (χ4v) is 2.02. The predicted octanol–water partition coefficient (Wildman–Crippen LogP) is 0.288.